The van der Waals surface area contributed by atoms with Gasteiger partial charge in [-0.1, -0.05) is 23.7 Å². The number of amides is 1. The quantitative estimate of drug-likeness (QED) is 0.486. The van der Waals surface area contributed by atoms with Crippen LogP contribution in [0, 0.1) is 0 Å². The highest BCUT2D eigenvalue weighted by Crippen LogP contribution is 2.42. The maximum absolute atomic E-state index is 12.6. The Morgan fingerprint density at radius 1 is 1.33 bits per heavy atom. The second kappa shape index (κ2) is 9.14. The molecule has 1 aromatic heterocycles. The van der Waals surface area contributed by atoms with E-state index in [0.29, 0.717) is 32.2 Å². The van der Waals surface area contributed by atoms with Crippen LogP contribution in [-0.2, 0) is 4.79 Å². The second-order valence-electron chi connectivity index (χ2n) is 5.95. The number of nitrogens with zero attached hydrogens (tertiary/aromatic N) is 2. The number of aromatic nitrogens is 2. The zero-order chi connectivity index (χ0) is 21.8. The first kappa shape index (κ1) is 21.6. The third-order valence-corrected chi connectivity index (χ3v) is 5.35. The van der Waals surface area contributed by atoms with Gasteiger partial charge in [-0.2, -0.15) is 5.10 Å². The molecule has 0 unspecified atom stereocenters. The van der Waals surface area contributed by atoms with Crippen LogP contribution >= 0.6 is 27.5 Å². The van der Waals surface area contributed by atoms with Crippen molar-refractivity contribution in [2.24, 2.45) is 10.8 Å². The minimum absolute atomic E-state index is 0.114. The number of halogens is 2. The first-order valence-corrected chi connectivity index (χ1v) is 9.85. The molecule has 1 amide bonds. The Morgan fingerprint density at radius 3 is 2.77 bits per heavy atom. The average molecular weight is 496 g/mol. The molecule has 156 valence electrons. The van der Waals surface area contributed by atoms with E-state index in [1.54, 1.807) is 37.3 Å². The molecule has 0 atom stereocenters. The Kier molecular flexibility index (Phi) is 6.58. The van der Waals surface area contributed by atoms with Crippen LogP contribution in [0.3, 0.4) is 0 Å². The number of carbonyl (C=O) groups is 1. The van der Waals surface area contributed by atoms with E-state index in [0.717, 1.165) is 0 Å². The van der Waals surface area contributed by atoms with Gasteiger partial charge in [-0.05, 0) is 41.1 Å². The van der Waals surface area contributed by atoms with Crippen LogP contribution in [0.5, 0.6) is 11.5 Å². The van der Waals surface area contributed by atoms with Gasteiger partial charge in [0, 0.05) is 10.0 Å². The monoisotopic (exact) mass is 494 g/mol. The molecule has 0 saturated heterocycles. The molecule has 2 aromatic carbocycles. The van der Waals surface area contributed by atoms with Gasteiger partial charge in [-0.25, -0.2) is 4.79 Å². The molecular formula is C19H16BrClN4O5. The number of carbonyl (C=O) groups excluding carboxylic acids is 1. The molecule has 0 aliphatic heterocycles. The van der Waals surface area contributed by atoms with Crippen molar-refractivity contribution in [2.45, 2.75) is 6.92 Å². The SMILES string of the molecule is CCOc1cc(C=Nn2c(=O)[nH]c3ccccc3c2=O)c(Br)c(Cl)c1OCC(N)=O. The van der Waals surface area contributed by atoms with Gasteiger partial charge in [0.1, 0.15) is 5.02 Å². The first-order valence-electron chi connectivity index (χ1n) is 8.67. The number of fused-ring (bicyclic) bond motifs is 1. The van der Waals surface area contributed by atoms with Gasteiger partial charge >= 0.3 is 5.69 Å². The number of H-pyrrole nitrogens is 1. The van der Waals surface area contributed by atoms with Crippen LogP contribution < -0.4 is 26.5 Å². The highest BCUT2D eigenvalue weighted by atomic mass is 79.9. The molecule has 11 heteroatoms. The lowest BCUT2D eigenvalue weighted by Crippen LogP contribution is -2.32. The second-order valence-corrected chi connectivity index (χ2v) is 7.12. The summed E-state index contributed by atoms with van der Waals surface area (Å²) in [6.45, 7) is 1.67. The van der Waals surface area contributed by atoms with Crippen molar-refractivity contribution < 1.29 is 14.3 Å². The van der Waals surface area contributed by atoms with Gasteiger partial charge < -0.3 is 20.2 Å². The Morgan fingerprint density at radius 2 is 2.07 bits per heavy atom. The summed E-state index contributed by atoms with van der Waals surface area (Å²) in [4.78, 5) is 38.5. The largest absolute Gasteiger partial charge is 0.490 e. The summed E-state index contributed by atoms with van der Waals surface area (Å²) in [6, 6.07) is 8.15. The smallest absolute Gasteiger partial charge is 0.349 e. The van der Waals surface area contributed by atoms with Gasteiger partial charge in [0.15, 0.2) is 18.1 Å². The number of aromatic amines is 1. The molecular weight excluding hydrogens is 480 g/mol. The predicted molar refractivity (Wildman–Crippen MR) is 117 cm³/mol. The zero-order valence-corrected chi connectivity index (χ0v) is 18.0. The zero-order valence-electron chi connectivity index (χ0n) is 15.6. The van der Waals surface area contributed by atoms with Crippen LogP contribution in [0.2, 0.25) is 5.02 Å². The average Bonchev–Trinajstić information content (AvgIpc) is 2.71. The molecule has 0 saturated carbocycles. The summed E-state index contributed by atoms with van der Waals surface area (Å²) < 4.78 is 11.9. The molecule has 0 spiro atoms. The van der Waals surface area contributed by atoms with Gasteiger partial charge in [0.05, 0.1) is 23.7 Å². The van der Waals surface area contributed by atoms with Crippen LogP contribution in [0.4, 0.5) is 0 Å². The van der Waals surface area contributed by atoms with E-state index in [1.165, 1.54) is 6.21 Å². The number of ether oxygens (including phenoxy) is 2. The first-order chi connectivity index (χ1) is 14.3. The third kappa shape index (κ3) is 4.39. The van der Waals surface area contributed by atoms with E-state index < -0.39 is 17.2 Å². The van der Waals surface area contributed by atoms with E-state index in [4.69, 9.17) is 26.8 Å². The normalized spacial score (nSPS) is 11.2. The van der Waals surface area contributed by atoms with E-state index >= 15 is 0 Å². The molecule has 0 bridgehead atoms. The predicted octanol–water partition coefficient (Wildman–Crippen LogP) is 2.25. The van der Waals surface area contributed by atoms with E-state index in [9.17, 15) is 14.4 Å². The minimum Gasteiger partial charge on any atom is -0.490 e. The van der Waals surface area contributed by atoms with Crippen molar-refractivity contribution in [3.63, 3.8) is 0 Å². The van der Waals surface area contributed by atoms with E-state index in [1.807, 2.05) is 0 Å². The molecule has 1 heterocycles. The molecule has 0 aliphatic rings. The Bertz CT molecular complexity index is 1270. The van der Waals surface area contributed by atoms with Gasteiger partial charge in [-0.3, -0.25) is 9.59 Å². The van der Waals surface area contributed by atoms with Crippen molar-refractivity contribution in [1.82, 2.24) is 9.66 Å². The van der Waals surface area contributed by atoms with Gasteiger partial charge in [-0.15, -0.1) is 4.68 Å². The van der Waals surface area contributed by atoms with Crippen LogP contribution in [0.25, 0.3) is 10.9 Å². The van der Waals surface area contributed by atoms with Crippen molar-refractivity contribution >= 4 is 50.6 Å². The van der Waals surface area contributed by atoms with Crippen LogP contribution in [0.1, 0.15) is 12.5 Å². The summed E-state index contributed by atoms with van der Waals surface area (Å²) in [6.07, 6.45) is 1.28. The summed E-state index contributed by atoms with van der Waals surface area (Å²) in [5.74, 6) is -0.305. The highest BCUT2D eigenvalue weighted by molar-refractivity contribution is 9.10. The maximum Gasteiger partial charge on any atom is 0.349 e. The maximum atomic E-state index is 12.6. The van der Waals surface area contributed by atoms with Gasteiger partial charge in [0.2, 0.25) is 0 Å². The summed E-state index contributed by atoms with van der Waals surface area (Å²) in [5.41, 5.74) is 4.68. The number of benzene rings is 2. The van der Waals surface area contributed by atoms with Crippen molar-refractivity contribution in [3.05, 3.63) is 66.2 Å². The number of para-hydroxylation sites is 1. The van der Waals surface area contributed by atoms with E-state index in [2.05, 4.69) is 26.0 Å². The van der Waals surface area contributed by atoms with Crippen molar-refractivity contribution in [3.8, 4) is 11.5 Å². The molecule has 3 rings (SSSR count). The molecule has 0 fully saturated rings. The number of primary amides is 1. The number of nitrogens with one attached hydrogen (secondary N) is 1. The lowest BCUT2D eigenvalue weighted by atomic mass is 10.2. The van der Waals surface area contributed by atoms with E-state index in [-0.39, 0.29) is 23.1 Å². The number of rotatable bonds is 7. The molecule has 0 aliphatic carbocycles. The lowest BCUT2D eigenvalue weighted by molar-refractivity contribution is -0.119. The van der Waals surface area contributed by atoms with Crippen LogP contribution in [-0.4, -0.2) is 35.0 Å². The lowest BCUT2D eigenvalue weighted by Gasteiger charge is -2.15. The fraction of sp³-hybridized carbons (Fsp3) is 0.158. The van der Waals surface area contributed by atoms with Crippen molar-refractivity contribution in [2.75, 3.05) is 13.2 Å². The Hall–Kier alpha value is -3.11. The van der Waals surface area contributed by atoms with Crippen molar-refractivity contribution in [1.29, 1.82) is 0 Å². The number of hydrogen-bond acceptors (Lipinski definition) is 6. The third-order valence-electron chi connectivity index (χ3n) is 3.91. The summed E-state index contributed by atoms with van der Waals surface area (Å²) >= 11 is 9.67. The molecule has 30 heavy (non-hydrogen) atoms. The Labute approximate surface area is 183 Å². The standard InChI is InChI=1S/C19H16BrClN4O5/c1-2-29-13-7-10(15(20)16(21)17(13)30-9-14(22)26)8-23-25-18(27)11-5-3-4-6-12(11)24-19(25)28/h3-8H,2,9H2,1H3,(H2,22,26)(H,24,28). The fourth-order valence-electron chi connectivity index (χ4n) is 2.62. The number of hydrogen-bond donors (Lipinski definition) is 2. The topological polar surface area (TPSA) is 129 Å². The number of nitrogens with two attached hydrogens (primary N) is 1. The molecule has 3 N–H and O–H groups in total. The highest BCUT2D eigenvalue weighted by Gasteiger charge is 2.18. The Balaban J connectivity index is 2.08. The van der Waals surface area contributed by atoms with Gasteiger partial charge in [0.25, 0.3) is 11.5 Å². The van der Waals surface area contributed by atoms with Crippen LogP contribution in [0.15, 0.2) is 49.5 Å². The minimum atomic E-state index is -0.691. The molecule has 0 radical (unpaired) electrons. The fourth-order valence-corrected chi connectivity index (χ4v) is 3.27. The molecule has 3 aromatic rings. The summed E-state index contributed by atoms with van der Waals surface area (Å²) in [5, 5.41) is 4.44. The summed E-state index contributed by atoms with van der Waals surface area (Å²) in [7, 11) is 0. The molecule has 9 nitrogen and oxygen atoms in total.